The summed E-state index contributed by atoms with van der Waals surface area (Å²) >= 11 is 5.97. The van der Waals surface area contributed by atoms with E-state index in [0.717, 1.165) is 23.5 Å². The molecule has 0 radical (unpaired) electrons. The van der Waals surface area contributed by atoms with E-state index in [-0.39, 0.29) is 19.8 Å². The van der Waals surface area contributed by atoms with E-state index < -0.39 is 98.8 Å². The molecule has 300 valence electrons. The van der Waals surface area contributed by atoms with Crippen molar-refractivity contribution in [2.24, 2.45) is 11.8 Å². The highest BCUT2D eigenvalue weighted by molar-refractivity contribution is 7.96. The van der Waals surface area contributed by atoms with E-state index in [4.69, 9.17) is 25.8 Å². The molecule has 0 unspecified atom stereocenters. The van der Waals surface area contributed by atoms with Gasteiger partial charge in [0.15, 0.2) is 9.84 Å². The maximum Gasteiger partial charge on any atom is 0.408 e. The van der Waals surface area contributed by atoms with Gasteiger partial charge < -0.3 is 35.5 Å². The van der Waals surface area contributed by atoms with Crippen LogP contribution in [-0.4, -0.2) is 87.8 Å². The Morgan fingerprint density at radius 3 is 1.87 bits per heavy atom. The zero-order valence-corrected chi connectivity index (χ0v) is 33.0. The van der Waals surface area contributed by atoms with Crippen LogP contribution in [0.4, 0.5) is 4.79 Å². The van der Waals surface area contributed by atoms with Gasteiger partial charge in [-0.1, -0.05) is 80.0 Å². The molecule has 15 nitrogen and oxygen atoms in total. The van der Waals surface area contributed by atoms with Crippen molar-refractivity contribution in [2.45, 2.75) is 84.2 Å². The van der Waals surface area contributed by atoms with Crippen molar-refractivity contribution >= 4 is 57.2 Å². The van der Waals surface area contributed by atoms with Gasteiger partial charge in [0.2, 0.25) is 17.7 Å². The van der Waals surface area contributed by atoms with Gasteiger partial charge in [0, 0.05) is 6.26 Å². The standard InChI is InChI=1S/C38H49ClN4O11S/c1-6-52-31(44)20-28(19-30(39)55(5,50)51)40-36(47)33(23(3)4)42-37(48)34(27-17-25-15-11-12-16-26(25)18-27)43-35(46)29(21-32(45)53-7-2)41-38(49)54-22-24-13-9-8-10-14-24/h8-16,19,23,27-29,33-34H,6-7,17-18,20-22H2,1-5H3,(H,40,47)(H,41,49)(H,42,48)(H,43,46)/b30-19+/t28-,29+,33-,34+/m1/s1. The van der Waals surface area contributed by atoms with Gasteiger partial charge in [0.05, 0.1) is 32.1 Å². The predicted octanol–water partition coefficient (Wildman–Crippen LogP) is 2.84. The zero-order chi connectivity index (χ0) is 40.7. The first-order valence-electron chi connectivity index (χ1n) is 17.9. The number of nitrogens with one attached hydrogen (secondary N) is 4. The average molecular weight is 805 g/mol. The zero-order valence-electron chi connectivity index (χ0n) is 31.5. The van der Waals surface area contributed by atoms with Crippen molar-refractivity contribution in [2.75, 3.05) is 19.5 Å². The summed E-state index contributed by atoms with van der Waals surface area (Å²) in [6, 6.07) is 11.1. The van der Waals surface area contributed by atoms with Crippen LogP contribution in [0.1, 0.15) is 57.2 Å². The summed E-state index contributed by atoms with van der Waals surface area (Å²) in [7, 11) is -3.88. The number of halogens is 1. The second-order valence-corrected chi connectivity index (χ2v) is 15.9. The highest BCUT2D eigenvalue weighted by Crippen LogP contribution is 2.29. The molecule has 2 aromatic rings. The van der Waals surface area contributed by atoms with Gasteiger partial charge in [-0.2, -0.15) is 0 Å². The predicted molar refractivity (Wildman–Crippen MR) is 203 cm³/mol. The molecular weight excluding hydrogens is 756 g/mol. The fraction of sp³-hybridized carbons (Fsp3) is 0.474. The first kappa shape index (κ1) is 44.4. The molecule has 0 saturated carbocycles. The highest BCUT2D eigenvalue weighted by Gasteiger charge is 2.39. The second-order valence-electron chi connectivity index (χ2n) is 13.3. The third-order valence-corrected chi connectivity index (χ3v) is 10.4. The molecule has 0 heterocycles. The summed E-state index contributed by atoms with van der Waals surface area (Å²) in [4.78, 5) is 79.6. The fourth-order valence-corrected chi connectivity index (χ4v) is 6.43. The Balaban J connectivity index is 1.89. The number of esters is 2. The van der Waals surface area contributed by atoms with Crippen molar-refractivity contribution in [3.05, 3.63) is 81.7 Å². The smallest absolute Gasteiger partial charge is 0.408 e. The number of hydrogen-bond donors (Lipinski definition) is 4. The Kier molecular flexibility index (Phi) is 17.1. The first-order valence-corrected chi connectivity index (χ1v) is 20.1. The van der Waals surface area contributed by atoms with E-state index >= 15 is 0 Å². The molecule has 1 aliphatic rings. The number of hydrogen-bond acceptors (Lipinski definition) is 11. The van der Waals surface area contributed by atoms with E-state index in [1.807, 2.05) is 24.3 Å². The number of rotatable bonds is 19. The summed E-state index contributed by atoms with van der Waals surface area (Å²) in [5, 5.41) is 10.4. The van der Waals surface area contributed by atoms with Crippen LogP contribution in [0.25, 0.3) is 0 Å². The van der Waals surface area contributed by atoms with Crippen molar-refractivity contribution in [1.29, 1.82) is 0 Å². The summed E-state index contributed by atoms with van der Waals surface area (Å²) in [5.41, 5.74) is 2.60. The molecule has 4 amide bonds. The van der Waals surface area contributed by atoms with Crippen LogP contribution in [0.3, 0.4) is 0 Å². The minimum absolute atomic E-state index is 0.0204. The van der Waals surface area contributed by atoms with E-state index in [9.17, 15) is 37.2 Å². The minimum atomic E-state index is -3.88. The number of amides is 4. The Bertz CT molecular complexity index is 1800. The van der Waals surface area contributed by atoms with Crippen molar-refractivity contribution in [3.63, 3.8) is 0 Å². The van der Waals surface area contributed by atoms with Crippen LogP contribution >= 0.6 is 11.6 Å². The van der Waals surface area contributed by atoms with Gasteiger partial charge in [0.1, 0.15) is 29.1 Å². The van der Waals surface area contributed by atoms with Gasteiger partial charge in [-0.05, 0) is 61.3 Å². The van der Waals surface area contributed by atoms with Crippen LogP contribution in [-0.2, 0) is 67.5 Å². The van der Waals surface area contributed by atoms with Gasteiger partial charge in [-0.15, -0.1) is 0 Å². The molecule has 1 aliphatic carbocycles. The van der Waals surface area contributed by atoms with E-state index in [2.05, 4.69) is 21.3 Å². The third-order valence-electron chi connectivity index (χ3n) is 8.58. The van der Waals surface area contributed by atoms with Crippen molar-refractivity contribution < 1.29 is 51.4 Å². The van der Waals surface area contributed by atoms with Gasteiger partial charge >= 0.3 is 18.0 Å². The normalized spacial score (nSPS) is 15.1. The Morgan fingerprint density at radius 1 is 0.764 bits per heavy atom. The molecule has 0 bridgehead atoms. The molecule has 55 heavy (non-hydrogen) atoms. The Morgan fingerprint density at radius 2 is 1.33 bits per heavy atom. The lowest BCUT2D eigenvalue weighted by atomic mass is 9.93. The molecule has 4 N–H and O–H groups in total. The number of ether oxygens (including phenoxy) is 3. The fourth-order valence-electron chi connectivity index (χ4n) is 5.87. The number of carbonyl (C=O) groups is 6. The van der Waals surface area contributed by atoms with Crippen LogP contribution in [0.2, 0.25) is 0 Å². The topological polar surface area (TPSA) is 212 Å². The lowest BCUT2D eigenvalue weighted by molar-refractivity contribution is -0.146. The largest absolute Gasteiger partial charge is 0.466 e. The number of benzene rings is 2. The van der Waals surface area contributed by atoms with Gasteiger partial charge in [0.25, 0.3) is 0 Å². The summed E-state index contributed by atoms with van der Waals surface area (Å²) < 4.78 is 38.8. The molecule has 4 atom stereocenters. The first-order chi connectivity index (χ1) is 26.0. The molecule has 0 fully saturated rings. The number of fused-ring (bicyclic) bond motifs is 1. The number of carbonyl (C=O) groups excluding carboxylic acids is 6. The lowest BCUT2D eigenvalue weighted by Crippen LogP contribution is -2.60. The van der Waals surface area contributed by atoms with E-state index in [0.29, 0.717) is 18.4 Å². The molecule has 0 aliphatic heterocycles. The van der Waals surface area contributed by atoms with Crippen LogP contribution < -0.4 is 21.3 Å². The molecule has 0 saturated heterocycles. The molecule has 3 rings (SSSR count). The van der Waals surface area contributed by atoms with E-state index in [1.165, 1.54) is 0 Å². The maximum atomic E-state index is 14.2. The van der Waals surface area contributed by atoms with E-state index in [1.54, 1.807) is 58.0 Å². The number of alkyl carbamates (subject to hydrolysis) is 1. The Hall–Kier alpha value is -4.96. The van der Waals surface area contributed by atoms with Crippen LogP contribution in [0, 0.1) is 11.8 Å². The SMILES string of the molecule is CCOC(=O)C[C@@H](/C=C(\Cl)S(C)(=O)=O)NC(=O)[C@H](NC(=O)[C@@H](NC(=O)[C@H](CC(=O)OCC)NC(=O)OCc1ccccc1)C1Cc2ccccc2C1)C(C)C. The third kappa shape index (κ3) is 14.3. The molecule has 2 aromatic carbocycles. The summed E-state index contributed by atoms with van der Waals surface area (Å²) in [6.45, 7) is 6.43. The summed E-state index contributed by atoms with van der Waals surface area (Å²) in [6.07, 6.45) is 0.639. The molecule has 0 spiro atoms. The maximum absolute atomic E-state index is 14.2. The molecular formula is C38H49ClN4O11S. The monoisotopic (exact) mass is 804 g/mol. The number of sulfone groups is 1. The van der Waals surface area contributed by atoms with Crippen molar-refractivity contribution in [1.82, 2.24) is 21.3 Å². The van der Waals surface area contributed by atoms with Crippen LogP contribution in [0.5, 0.6) is 0 Å². The van der Waals surface area contributed by atoms with Gasteiger partial charge in [-0.3, -0.25) is 24.0 Å². The molecule has 0 aromatic heterocycles. The second kappa shape index (κ2) is 21.2. The summed E-state index contributed by atoms with van der Waals surface area (Å²) in [5.74, 6) is -4.94. The minimum Gasteiger partial charge on any atom is -0.466 e. The van der Waals surface area contributed by atoms with Gasteiger partial charge in [-0.25, -0.2) is 13.2 Å². The quantitative estimate of drug-likeness (QED) is 0.120. The molecule has 17 heteroatoms. The highest BCUT2D eigenvalue weighted by atomic mass is 35.5. The van der Waals surface area contributed by atoms with Crippen LogP contribution in [0.15, 0.2) is 65.0 Å². The Labute approximate surface area is 326 Å². The average Bonchev–Trinajstić information content (AvgIpc) is 3.55. The van der Waals surface area contributed by atoms with Crippen molar-refractivity contribution in [3.8, 4) is 0 Å². The lowest BCUT2D eigenvalue weighted by Gasteiger charge is -2.30.